The average Bonchev–Trinajstić information content (AvgIpc) is 3.28. The lowest BCUT2D eigenvalue weighted by Crippen LogP contribution is -2.60. The molecule has 10 heteroatoms. The van der Waals surface area contributed by atoms with E-state index in [9.17, 15) is 24.3 Å². The number of hydrogen-bond donors (Lipinski definition) is 1. The molecule has 4 amide bonds. The van der Waals surface area contributed by atoms with Crippen LogP contribution in [0.5, 0.6) is 5.75 Å². The lowest BCUT2D eigenvalue weighted by Gasteiger charge is -2.50. The Bertz CT molecular complexity index is 1540. The van der Waals surface area contributed by atoms with E-state index in [4.69, 9.17) is 23.2 Å². The standard InChI is InChI=1S/C30H25BrCl2N2O5/c1-3-16-7-9-17(10-8-16)35-25(37)19-12-11-18-21(22(19)26(35)38)13-29(32)27(39)34(14-31)28(40)30(29,33)23(18)20-6-4-5-15(2)24(20)36/h3-11,19,21-23,36H,1,12-14H2,2H3. The Labute approximate surface area is 249 Å². The number of alkyl halides is 3. The zero-order valence-corrected chi connectivity index (χ0v) is 24.5. The molecule has 0 spiro atoms. The number of halogens is 3. The Morgan fingerprint density at radius 2 is 1.75 bits per heavy atom. The lowest BCUT2D eigenvalue weighted by molar-refractivity contribution is -0.138. The second-order valence-electron chi connectivity index (χ2n) is 10.8. The van der Waals surface area contributed by atoms with Crippen molar-refractivity contribution in [2.45, 2.75) is 35.4 Å². The fourth-order valence-corrected chi connectivity index (χ4v) is 8.44. The molecule has 206 valence electrons. The van der Waals surface area contributed by atoms with Crippen LogP contribution in [0, 0.1) is 24.7 Å². The minimum Gasteiger partial charge on any atom is -0.507 e. The summed E-state index contributed by atoms with van der Waals surface area (Å²) in [5.74, 6) is -5.24. The van der Waals surface area contributed by atoms with Gasteiger partial charge in [-0.2, -0.15) is 0 Å². The van der Waals surface area contributed by atoms with Crippen molar-refractivity contribution in [2.24, 2.45) is 17.8 Å². The minimum atomic E-state index is -1.95. The Kier molecular flexibility index (Phi) is 6.33. The molecule has 2 aliphatic carbocycles. The van der Waals surface area contributed by atoms with Gasteiger partial charge in [0, 0.05) is 11.5 Å². The van der Waals surface area contributed by atoms with Crippen molar-refractivity contribution >= 4 is 74.5 Å². The van der Waals surface area contributed by atoms with Crippen LogP contribution in [0.2, 0.25) is 0 Å². The highest BCUT2D eigenvalue weighted by atomic mass is 79.9. The number of benzene rings is 2. The lowest BCUT2D eigenvalue weighted by atomic mass is 9.56. The normalized spacial score (nSPS) is 33.0. The van der Waals surface area contributed by atoms with E-state index in [2.05, 4.69) is 22.5 Å². The molecule has 1 N–H and O–H groups in total. The average molecular weight is 644 g/mol. The second-order valence-corrected chi connectivity index (χ2v) is 12.5. The van der Waals surface area contributed by atoms with Gasteiger partial charge in [0.05, 0.1) is 23.0 Å². The largest absolute Gasteiger partial charge is 0.507 e. The molecular formula is C30H25BrCl2N2O5. The van der Waals surface area contributed by atoms with E-state index in [0.29, 0.717) is 22.4 Å². The van der Waals surface area contributed by atoms with Crippen LogP contribution in [-0.2, 0) is 19.2 Å². The summed E-state index contributed by atoms with van der Waals surface area (Å²) in [6.07, 6.45) is 3.66. The van der Waals surface area contributed by atoms with E-state index in [1.54, 1.807) is 55.5 Å². The van der Waals surface area contributed by atoms with Gasteiger partial charge < -0.3 is 5.11 Å². The number of nitrogens with zero attached hydrogens (tertiary/aromatic N) is 2. The van der Waals surface area contributed by atoms with E-state index < -0.39 is 45.2 Å². The summed E-state index contributed by atoms with van der Waals surface area (Å²) >= 11 is 17.6. The number of phenolic OH excluding ortho intramolecular Hbond substituents is 1. The van der Waals surface area contributed by atoms with Gasteiger partial charge in [-0.15, -0.1) is 23.2 Å². The Morgan fingerprint density at radius 1 is 1.05 bits per heavy atom. The first-order chi connectivity index (χ1) is 19.0. The molecule has 0 radical (unpaired) electrons. The van der Waals surface area contributed by atoms with Crippen LogP contribution in [-0.4, -0.2) is 48.8 Å². The van der Waals surface area contributed by atoms with Gasteiger partial charge in [0.15, 0.2) is 9.75 Å². The predicted molar refractivity (Wildman–Crippen MR) is 155 cm³/mol. The van der Waals surface area contributed by atoms with Crippen LogP contribution >= 0.6 is 39.1 Å². The molecule has 0 bridgehead atoms. The van der Waals surface area contributed by atoms with Crippen molar-refractivity contribution in [1.82, 2.24) is 4.90 Å². The van der Waals surface area contributed by atoms with Crippen LogP contribution < -0.4 is 4.90 Å². The molecule has 7 nitrogen and oxygen atoms in total. The highest BCUT2D eigenvalue weighted by molar-refractivity contribution is 9.09. The van der Waals surface area contributed by atoms with Crippen LogP contribution in [0.15, 0.2) is 60.7 Å². The number of aromatic hydroxyl groups is 1. The molecular weight excluding hydrogens is 619 g/mol. The highest BCUT2D eigenvalue weighted by Gasteiger charge is 2.76. The van der Waals surface area contributed by atoms with Crippen molar-refractivity contribution in [3.63, 3.8) is 0 Å². The molecule has 0 aromatic heterocycles. The van der Waals surface area contributed by atoms with Gasteiger partial charge >= 0.3 is 0 Å². The summed E-state index contributed by atoms with van der Waals surface area (Å²) in [6.45, 7) is 5.47. The molecule has 3 fully saturated rings. The fraction of sp³-hybridized carbons (Fsp3) is 0.333. The van der Waals surface area contributed by atoms with E-state index in [1.807, 2.05) is 6.08 Å². The monoisotopic (exact) mass is 642 g/mol. The van der Waals surface area contributed by atoms with Crippen LogP contribution in [0.4, 0.5) is 5.69 Å². The number of rotatable bonds is 4. The smallest absolute Gasteiger partial charge is 0.254 e. The van der Waals surface area contributed by atoms with Gasteiger partial charge in [-0.25, -0.2) is 0 Å². The molecule has 1 saturated carbocycles. The molecule has 40 heavy (non-hydrogen) atoms. The zero-order chi connectivity index (χ0) is 28.7. The molecule has 2 aromatic rings. The van der Waals surface area contributed by atoms with Gasteiger partial charge in [-0.05, 0) is 48.9 Å². The zero-order valence-electron chi connectivity index (χ0n) is 21.4. The molecule has 2 heterocycles. The molecule has 2 saturated heterocycles. The van der Waals surface area contributed by atoms with Gasteiger partial charge in [-0.3, -0.25) is 29.0 Å². The Morgan fingerprint density at radius 3 is 2.40 bits per heavy atom. The number of phenols is 1. The third-order valence-electron chi connectivity index (χ3n) is 8.98. The van der Waals surface area contributed by atoms with E-state index in [1.165, 1.54) is 4.90 Å². The summed E-state index contributed by atoms with van der Waals surface area (Å²) < 4.78 is 0. The first kappa shape index (κ1) is 27.2. The van der Waals surface area contributed by atoms with Gasteiger partial charge in [0.1, 0.15) is 5.75 Å². The van der Waals surface area contributed by atoms with Crippen LogP contribution in [0.25, 0.3) is 6.08 Å². The third-order valence-corrected chi connectivity index (χ3v) is 10.9. The number of amides is 4. The quantitative estimate of drug-likeness (QED) is 0.212. The highest BCUT2D eigenvalue weighted by Crippen LogP contribution is 2.66. The number of fused-ring (bicyclic) bond motifs is 4. The second kappa shape index (κ2) is 9.29. The first-order valence-corrected chi connectivity index (χ1v) is 14.8. The Hall–Kier alpha value is -2.94. The van der Waals surface area contributed by atoms with Gasteiger partial charge in [-0.1, -0.05) is 70.6 Å². The van der Waals surface area contributed by atoms with Crippen molar-refractivity contribution in [3.05, 3.63) is 77.4 Å². The van der Waals surface area contributed by atoms with Crippen molar-refractivity contribution in [1.29, 1.82) is 0 Å². The Balaban J connectivity index is 1.52. The minimum absolute atomic E-state index is 0.0643. The predicted octanol–water partition coefficient (Wildman–Crippen LogP) is 5.26. The molecule has 2 aliphatic heterocycles. The fourth-order valence-electron chi connectivity index (χ4n) is 7.03. The summed E-state index contributed by atoms with van der Waals surface area (Å²) in [5.41, 5.74) is 2.73. The van der Waals surface area contributed by atoms with E-state index in [-0.39, 0.29) is 35.9 Å². The van der Waals surface area contributed by atoms with E-state index in [0.717, 1.165) is 10.5 Å². The summed E-state index contributed by atoms with van der Waals surface area (Å²) in [5, 5.41) is 11.2. The number of imide groups is 2. The first-order valence-electron chi connectivity index (χ1n) is 12.9. The maximum Gasteiger partial charge on any atom is 0.254 e. The summed E-state index contributed by atoms with van der Waals surface area (Å²) in [4.78, 5) is 53.5. The number of allylic oxidation sites excluding steroid dienone is 2. The van der Waals surface area contributed by atoms with E-state index >= 15 is 0 Å². The van der Waals surface area contributed by atoms with Crippen molar-refractivity contribution in [3.8, 4) is 5.75 Å². The van der Waals surface area contributed by atoms with Crippen LogP contribution in [0.3, 0.4) is 0 Å². The third kappa shape index (κ3) is 3.36. The molecule has 6 unspecified atom stereocenters. The SMILES string of the molecule is C=Cc1ccc(N2C(=O)C3CC=C4C(CC5(Cl)C(=O)N(CBr)C(=O)C5(Cl)C4c4cccc(C)c4O)C3C2=O)cc1. The number of hydrogen-bond acceptors (Lipinski definition) is 5. The summed E-state index contributed by atoms with van der Waals surface area (Å²) in [7, 11) is 0. The topological polar surface area (TPSA) is 95.0 Å². The number of carbonyl (C=O) groups is 4. The number of para-hydroxylation sites is 1. The van der Waals surface area contributed by atoms with Crippen molar-refractivity contribution in [2.75, 3.05) is 10.4 Å². The van der Waals surface area contributed by atoms with Gasteiger partial charge in [0.25, 0.3) is 11.8 Å². The molecule has 6 atom stereocenters. The number of anilines is 1. The number of aryl methyl sites for hydroxylation is 1. The van der Waals surface area contributed by atoms with Gasteiger partial charge in [0.2, 0.25) is 11.8 Å². The molecule has 2 aromatic carbocycles. The molecule has 4 aliphatic rings. The summed E-state index contributed by atoms with van der Waals surface area (Å²) in [6, 6.07) is 12.1. The molecule has 6 rings (SSSR count). The van der Waals surface area contributed by atoms with Crippen molar-refractivity contribution < 1.29 is 24.3 Å². The number of likely N-dealkylation sites (tertiary alicyclic amines) is 1. The number of carbonyl (C=O) groups excluding carboxylic acids is 4. The maximum atomic E-state index is 14.0. The van der Waals surface area contributed by atoms with Crippen LogP contribution in [0.1, 0.15) is 35.4 Å². The maximum absolute atomic E-state index is 14.0.